The summed E-state index contributed by atoms with van der Waals surface area (Å²) in [6, 6.07) is 25.3. The van der Waals surface area contributed by atoms with Crippen LogP contribution in [0.25, 0.3) is 5.69 Å². The standard InChI is InChI=1S/C36H40N6O4S/c43-21-23-9-11-27(12-10-23)32-17-31(22-47-35-39-40-41-42(35)30-7-2-1-3-8-30)45-33(46-32)28-5-4-6-29(16-28)37-34(44)38-36-18-24-13-25(19-36)15-26(14-24)20-36/h1-12,16,24-26,31-33,43H,13-15,17-22H2,(H2,37,38,44). The van der Waals surface area contributed by atoms with Gasteiger partial charge in [0.05, 0.1) is 24.5 Å². The number of benzene rings is 3. The number of carbonyl (C=O) groups is 1. The van der Waals surface area contributed by atoms with Crippen molar-refractivity contribution in [3.8, 4) is 5.69 Å². The van der Waals surface area contributed by atoms with E-state index >= 15 is 0 Å². The molecule has 0 radical (unpaired) electrons. The minimum Gasteiger partial charge on any atom is -0.392 e. The van der Waals surface area contributed by atoms with E-state index in [1.54, 1.807) is 16.4 Å². The molecule has 3 atom stereocenters. The normalized spacial score (nSPS) is 29.5. The average molecular weight is 653 g/mol. The van der Waals surface area contributed by atoms with E-state index in [4.69, 9.17) is 9.47 Å². The number of thioether (sulfide) groups is 1. The minimum atomic E-state index is -0.644. The average Bonchev–Trinajstić information content (AvgIpc) is 3.56. The SMILES string of the molecule is O=C(Nc1cccc(C2OC(CSc3nnnn3-c3ccccc3)CC(c3ccc(CO)cc3)O2)c1)NC12CC3CC(CC(C3)C1)C2. The number of hydrogen-bond donors (Lipinski definition) is 3. The van der Waals surface area contributed by atoms with Gasteiger partial charge in [0.25, 0.3) is 0 Å². The predicted octanol–water partition coefficient (Wildman–Crippen LogP) is 6.58. The van der Waals surface area contributed by atoms with Gasteiger partial charge in [-0.05, 0) is 102 Å². The van der Waals surface area contributed by atoms with Crippen LogP contribution in [0, 0.1) is 17.8 Å². The molecular weight excluding hydrogens is 613 g/mol. The number of anilines is 1. The summed E-state index contributed by atoms with van der Waals surface area (Å²) < 4.78 is 14.9. The van der Waals surface area contributed by atoms with E-state index in [-0.39, 0.29) is 30.4 Å². The lowest BCUT2D eigenvalue weighted by atomic mass is 9.53. The molecule has 4 aliphatic carbocycles. The third-order valence-corrected chi connectivity index (χ3v) is 11.3. The zero-order valence-electron chi connectivity index (χ0n) is 26.2. The Kier molecular flexibility index (Phi) is 8.47. The van der Waals surface area contributed by atoms with Crippen LogP contribution in [-0.4, -0.2) is 48.7 Å². The smallest absolute Gasteiger partial charge is 0.319 e. The van der Waals surface area contributed by atoms with Crippen molar-refractivity contribution in [3.63, 3.8) is 0 Å². The van der Waals surface area contributed by atoms with Crippen LogP contribution in [0.2, 0.25) is 0 Å². The third-order valence-electron chi connectivity index (χ3n) is 10.3. The fourth-order valence-electron chi connectivity index (χ4n) is 8.62. The quantitative estimate of drug-likeness (QED) is 0.173. The van der Waals surface area contributed by atoms with Crippen molar-refractivity contribution in [2.24, 2.45) is 17.8 Å². The number of nitrogens with one attached hydrogen (secondary N) is 2. The van der Waals surface area contributed by atoms with Crippen molar-refractivity contribution in [2.45, 2.75) is 80.7 Å². The van der Waals surface area contributed by atoms with Gasteiger partial charge in [-0.1, -0.05) is 66.4 Å². The lowest BCUT2D eigenvalue weighted by Gasteiger charge is -2.56. The molecule has 3 N–H and O–H groups in total. The molecule has 1 saturated heterocycles. The fraction of sp³-hybridized carbons (Fsp3) is 0.444. The number of rotatable bonds is 9. The van der Waals surface area contributed by atoms with Crippen LogP contribution in [0.1, 0.15) is 74.0 Å². The van der Waals surface area contributed by atoms with Crippen LogP contribution in [0.5, 0.6) is 0 Å². The Morgan fingerprint density at radius 1 is 0.894 bits per heavy atom. The Labute approximate surface area is 278 Å². The second-order valence-corrected chi connectivity index (χ2v) is 14.8. The summed E-state index contributed by atoms with van der Waals surface area (Å²) in [4.78, 5) is 13.3. The second-order valence-electron chi connectivity index (χ2n) is 13.8. The van der Waals surface area contributed by atoms with Crippen LogP contribution in [-0.2, 0) is 16.1 Å². The Bertz CT molecular complexity index is 1660. The maximum Gasteiger partial charge on any atom is 0.319 e. The van der Waals surface area contributed by atoms with Gasteiger partial charge in [-0.25, -0.2) is 4.79 Å². The Morgan fingerprint density at radius 3 is 2.36 bits per heavy atom. The molecule has 3 aromatic carbocycles. The highest BCUT2D eigenvalue weighted by Gasteiger charge is 2.51. The van der Waals surface area contributed by atoms with Gasteiger partial charge in [-0.2, -0.15) is 4.68 Å². The highest BCUT2D eigenvalue weighted by atomic mass is 32.2. The number of aliphatic hydroxyl groups is 1. The first-order valence-electron chi connectivity index (χ1n) is 16.7. The van der Waals surface area contributed by atoms with Gasteiger partial charge in [0.15, 0.2) is 6.29 Å². The molecule has 4 aromatic rings. The molecule has 1 aliphatic heterocycles. The van der Waals surface area contributed by atoms with Crippen molar-refractivity contribution in [1.82, 2.24) is 25.5 Å². The molecular formula is C36H40N6O4S. The minimum absolute atomic E-state index is 0.0107. The number of aliphatic hydroxyl groups excluding tert-OH is 1. The van der Waals surface area contributed by atoms with Crippen LogP contribution < -0.4 is 10.6 Å². The Hall–Kier alpha value is -3.77. The van der Waals surface area contributed by atoms with Crippen molar-refractivity contribution in [3.05, 3.63) is 95.6 Å². The van der Waals surface area contributed by atoms with Crippen LogP contribution in [0.15, 0.2) is 84.0 Å². The molecule has 4 saturated carbocycles. The van der Waals surface area contributed by atoms with Gasteiger partial charge >= 0.3 is 6.03 Å². The van der Waals surface area contributed by atoms with E-state index in [1.807, 2.05) is 78.9 Å². The first-order valence-corrected chi connectivity index (χ1v) is 17.7. The van der Waals surface area contributed by atoms with Crippen LogP contribution in [0.4, 0.5) is 10.5 Å². The molecule has 2 amide bonds. The number of hydrogen-bond acceptors (Lipinski definition) is 8. The Morgan fingerprint density at radius 2 is 1.64 bits per heavy atom. The first-order chi connectivity index (χ1) is 23.0. The molecule has 2 heterocycles. The van der Waals surface area contributed by atoms with Crippen molar-refractivity contribution in [1.29, 1.82) is 0 Å². The summed E-state index contributed by atoms with van der Waals surface area (Å²) in [5.74, 6) is 2.89. The highest BCUT2D eigenvalue weighted by Crippen LogP contribution is 2.55. The van der Waals surface area contributed by atoms with Gasteiger partial charge in [-0.15, -0.1) is 5.10 Å². The number of ether oxygens (including phenoxy) is 2. The number of amides is 2. The summed E-state index contributed by atoms with van der Waals surface area (Å²) in [5, 5.41) is 29.1. The molecule has 11 heteroatoms. The van der Waals surface area contributed by atoms with E-state index < -0.39 is 6.29 Å². The van der Waals surface area contributed by atoms with E-state index in [9.17, 15) is 9.90 Å². The molecule has 5 fully saturated rings. The van der Waals surface area contributed by atoms with E-state index in [1.165, 1.54) is 19.3 Å². The molecule has 9 rings (SSSR count). The third kappa shape index (κ3) is 6.67. The van der Waals surface area contributed by atoms with Gasteiger partial charge in [0.2, 0.25) is 5.16 Å². The molecule has 0 spiro atoms. The molecule has 10 nitrogen and oxygen atoms in total. The number of aromatic nitrogens is 4. The van der Waals surface area contributed by atoms with Gasteiger partial charge < -0.3 is 25.2 Å². The molecule has 4 bridgehead atoms. The second kappa shape index (κ2) is 13.0. The maximum absolute atomic E-state index is 13.3. The van der Waals surface area contributed by atoms with Crippen molar-refractivity contribution in [2.75, 3.05) is 11.1 Å². The molecule has 1 aromatic heterocycles. The summed E-state index contributed by atoms with van der Waals surface area (Å²) in [6.45, 7) is -0.0107. The summed E-state index contributed by atoms with van der Waals surface area (Å²) in [5.41, 5.74) is 4.24. The number of nitrogens with zero attached hydrogens (tertiary/aromatic N) is 4. The van der Waals surface area contributed by atoms with Crippen LogP contribution >= 0.6 is 11.8 Å². The van der Waals surface area contributed by atoms with Crippen LogP contribution in [0.3, 0.4) is 0 Å². The lowest BCUT2D eigenvalue weighted by molar-refractivity contribution is -0.245. The van der Waals surface area contributed by atoms with E-state index in [0.717, 1.165) is 59.4 Å². The first kappa shape index (κ1) is 30.6. The highest BCUT2D eigenvalue weighted by molar-refractivity contribution is 7.99. The van der Waals surface area contributed by atoms with Crippen molar-refractivity contribution >= 4 is 23.5 Å². The number of carbonyl (C=O) groups excluding carboxylic acids is 1. The van der Waals surface area contributed by atoms with E-state index in [0.29, 0.717) is 23.0 Å². The molecule has 5 aliphatic rings. The summed E-state index contributed by atoms with van der Waals surface area (Å²) >= 11 is 1.54. The fourth-order valence-corrected chi connectivity index (χ4v) is 9.53. The molecule has 244 valence electrons. The topological polar surface area (TPSA) is 123 Å². The van der Waals surface area contributed by atoms with Gasteiger partial charge in [0, 0.05) is 29.0 Å². The lowest BCUT2D eigenvalue weighted by Crippen LogP contribution is -2.60. The zero-order valence-corrected chi connectivity index (χ0v) is 27.0. The molecule has 3 unspecified atom stereocenters. The predicted molar refractivity (Wildman–Crippen MR) is 178 cm³/mol. The maximum atomic E-state index is 13.3. The largest absolute Gasteiger partial charge is 0.392 e. The number of para-hydroxylation sites is 1. The van der Waals surface area contributed by atoms with Crippen molar-refractivity contribution < 1.29 is 19.4 Å². The number of tetrazole rings is 1. The summed E-state index contributed by atoms with van der Waals surface area (Å²) in [6.07, 6.45) is 6.92. The van der Waals surface area contributed by atoms with E-state index in [2.05, 4.69) is 26.2 Å². The number of urea groups is 1. The zero-order chi connectivity index (χ0) is 31.8. The summed E-state index contributed by atoms with van der Waals surface area (Å²) in [7, 11) is 0. The Balaban J connectivity index is 0.981. The monoisotopic (exact) mass is 652 g/mol. The van der Waals surface area contributed by atoms with Gasteiger partial charge in [0.1, 0.15) is 0 Å². The van der Waals surface area contributed by atoms with Gasteiger partial charge in [-0.3, -0.25) is 0 Å². The molecule has 47 heavy (non-hydrogen) atoms.